The monoisotopic (exact) mass is 255 g/mol. The second-order valence-corrected chi connectivity index (χ2v) is 4.62. The van der Waals surface area contributed by atoms with Crippen molar-refractivity contribution in [1.29, 1.82) is 0 Å². The van der Waals surface area contributed by atoms with Gasteiger partial charge < -0.3 is 19.5 Å². The van der Waals surface area contributed by atoms with Crippen LogP contribution in [0.15, 0.2) is 12.0 Å². The maximum Gasteiger partial charge on any atom is 0.311 e. The second-order valence-electron chi connectivity index (χ2n) is 4.62. The number of rotatable bonds is 3. The SMILES string of the molecule is CCC1(C(=O)O)CCN(C(=O)C2=COCCO2)C1. The summed E-state index contributed by atoms with van der Waals surface area (Å²) in [7, 11) is 0. The fourth-order valence-corrected chi connectivity index (χ4v) is 2.30. The Morgan fingerprint density at radius 2 is 2.28 bits per heavy atom. The third-order valence-electron chi connectivity index (χ3n) is 3.63. The van der Waals surface area contributed by atoms with Gasteiger partial charge in [0.2, 0.25) is 5.76 Å². The summed E-state index contributed by atoms with van der Waals surface area (Å²) in [4.78, 5) is 24.9. The molecule has 0 spiro atoms. The van der Waals surface area contributed by atoms with Crippen LogP contribution in [0.3, 0.4) is 0 Å². The van der Waals surface area contributed by atoms with Gasteiger partial charge in [0.25, 0.3) is 5.91 Å². The average Bonchev–Trinajstić information content (AvgIpc) is 2.84. The molecule has 0 aromatic heterocycles. The molecule has 0 aromatic carbocycles. The summed E-state index contributed by atoms with van der Waals surface area (Å²) in [6, 6.07) is 0. The Balaban J connectivity index is 2.06. The molecule has 2 rings (SSSR count). The van der Waals surface area contributed by atoms with Gasteiger partial charge >= 0.3 is 5.97 Å². The molecule has 2 heterocycles. The second kappa shape index (κ2) is 4.88. The van der Waals surface area contributed by atoms with E-state index in [4.69, 9.17) is 9.47 Å². The van der Waals surface area contributed by atoms with Gasteiger partial charge in [0, 0.05) is 13.1 Å². The predicted molar refractivity (Wildman–Crippen MR) is 61.5 cm³/mol. The molecular formula is C12H17NO5. The Labute approximate surface area is 105 Å². The van der Waals surface area contributed by atoms with E-state index in [1.165, 1.54) is 11.2 Å². The molecule has 0 aromatic rings. The highest BCUT2D eigenvalue weighted by Gasteiger charge is 2.45. The van der Waals surface area contributed by atoms with Crippen molar-refractivity contribution in [2.75, 3.05) is 26.3 Å². The van der Waals surface area contributed by atoms with Gasteiger partial charge in [-0.3, -0.25) is 9.59 Å². The van der Waals surface area contributed by atoms with Crippen molar-refractivity contribution in [2.24, 2.45) is 5.41 Å². The van der Waals surface area contributed by atoms with Gasteiger partial charge in [-0.25, -0.2) is 0 Å². The summed E-state index contributed by atoms with van der Waals surface area (Å²) in [5.41, 5.74) is -0.814. The van der Waals surface area contributed by atoms with Gasteiger partial charge in [-0.15, -0.1) is 0 Å². The lowest BCUT2D eigenvalue weighted by atomic mass is 9.84. The molecule has 1 unspecified atom stereocenters. The summed E-state index contributed by atoms with van der Waals surface area (Å²) in [6.07, 6.45) is 2.31. The lowest BCUT2D eigenvalue weighted by Crippen LogP contribution is -2.37. The van der Waals surface area contributed by atoms with Crippen LogP contribution in [0.4, 0.5) is 0 Å². The summed E-state index contributed by atoms with van der Waals surface area (Å²) < 4.78 is 10.2. The fourth-order valence-electron chi connectivity index (χ4n) is 2.30. The van der Waals surface area contributed by atoms with Crippen molar-refractivity contribution in [3.05, 3.63) is 12.0 Å². The normalized spacial score (nSPS) is 27.2. The number of hydrogen-bond acceptors (Lipinski definition) is 4. The van der Waals surface area contributed by atoms with Crippen molar-refractivity contribution in [2.45, 2.75) is 19.8 Å². The highest BCUT2D eigenvalue weighted by molar-refractivity contribution is 5.92. The number of amides is 1. The van der Waals surface area contributed by atoms with E-state index in [1.807, 2.05) is 6.92 Å². The van der Waals surface area contributed by atoms with Crippen LogP contribution in [0, 0.1) is 5.41 Å². The highest BCUT2D eigenvalue weighted by atomic mass is 16.6. The number of hydrogen-bond donors (Lipinski definition) is 1. The third kappa shape index (κ3) is 2.14. The third-order valence-corrected chi connectivity index (χ3v) is 3.63. The lowest BCUT2D eigenvalue weighted by Gasteiger charge is -2.24. The van der Waals surface area contributed by atoms with Crippen molar-refractivity contribution in [3.63, 3.8) is 0 Å². The van der Waals surface area contributed by atoms with Gasteiger partial charge in [0.05, 0.1) is 5.41 Å². The summed E-state index contributed by atoms with van der Waals surface area (Å²) >= 11 is 0. The number of carboxylic acid groups (broad SMARTS) is 1. The Bertz CT molecular complexity index is 392. The largest absolute Gasteiger partial charge is 0.494 e. The Morgan fingerprint density at radius 1 is 1.50 bits per heavy atom. The molecule has 1 fully saturated rings. The van der Waals surface area contributed by atoms with Crippen LogP contribution in [0.2, 0.25) is 0 Å². The van der Waals surface area contributed by atoms with E-state index >= 15 is 0 Å². The van der Waals surface area contributed by atoms with E-state index in [0.717, 1.165) is 0 Å². The van der Waals surface area contributed by atoms with E-state index in [-0.39, 0.29) is 18.2 Å². The minimum Gasteiger partial charge on any atom is -0.494 e. The Hall–Kier alpha value is -1.72. The van der Waals surface area contributed by atoms with Gasteiger partial charge in [0.1, 0.15) is 19.5 Å². The van der Waals surface area contributed by atoms with Crippen LogP contribution >= 0.6 is 0 Å². The molecule has 0 bridgehead atoms. The van der Waals surface area contributed by atoms with Crippen molar-refractivity contribution >= 4 is 11.9 Å². The molecule has 6 nitrogen and oxygen atoms in total. The quantitative estimate of drug-likeness (QED) is 0.798. The number of nitrogens with zero attached hydrogens (tertiary/aromatic N) is 1. The van der Waals surface area contributed by atoms with Crippen molar-refractivity contribution in [3.8, 4) is 0 Å². The first-order valence-corrected chi connectivity index (χ1v) is 6.06. The molecule has 100 valence electrons. The molecule has 0 aliphatic carbocycles. The summed E-state index contributed by atoms with van der Waals surface area (Å²) in [6.45, 7) is 3.30. The molecule has 1 N–H and O–H groups in total. The standard InChI is InChI=1S/C12H17NO5/c1-2-12(11(15)16)3-4-13(8-12)10(14)9-7-17-5-6-18-9/h7H,2-6,8H2,1H3,(H,15,16). The number of aliphatic carboxylic acids is 1. The number of carbonyl (C=O) groups is 2. The van der Waals surface area contributed by atoms with Gasteiger partial charge in [-0.2, -0.15) is 0 Å². The Kier molecular flexibility index (Phi) is 3.45. The van der Waals surface area contributed by atoms with Crippen LogP contribution in [0.1, 0.15) is 19.8 Å². The zero-order valence-electron chi connectivity index (χ0n) is 10.3. The molecular weight excluding hydrogens is 238 g/mol. The van der Waals surface area contributed by atoms with Crippen LogP contribution in [0.5, 0.6) is 0 Å². The summed E-state index contributed by atoms with van der Waals surface area (Å²) in [5, 5.41) is 9.27. The van der Waals surface area contributed by atoms with E-state index in [2.05, 4.69) is 0 Å². The van der Waals surface area contributed by atoms with Gasteiger partial charge in [-0.1, -0.05) is 6.92 Å². The maximum atomic E-state index is 12.1. The first-order chi connectivity index (χ1) is 8.59. The minimum atomic E-state index is -0.838. The van der Waals surface area contributed by atoms with Crippen LogP contribution in [0.25, 0.3) is 0 Å². The molecule has 0 radical (unpaired) electrons. The van der Waals surface area contributed by atoms with Crippen LogP contribution in [-0.2, 0) is 19.1 Å². The number of ether oxygens (including phenoxy) is 2. The molecule has 0 saturated carbocycles. The molecule has 2 aliphatic heterocycles. The number of carbonyl (C=O) groups excluding carboxylic acids is 1. The first-order valence-electron chi connectivity index (χ1n) is 6.06. The molecule has 6 heteroatoms. The molecule has 1 saturated heterocycles. The van der Waals surface area contributed by atoms with Crippen LogP contribution < -0.4 is 0 Å². The maximum absolute atomic E-state index is 12.1. The van der Waals surface area contributed by atoms with E-state index in [1.54, 1.807) is 0 Å². The first kappa shape index (κ1) is 12.7. The minimum absolute atomic E-state index is 0.165. The van der Waals surface area contributed by atoms with Crippen molar-refractivity contribution in [1.82, 2.24) is 4.90 Å². The Morgan fingerprint density at radius 3 is 2.78 bits per heavy atom. The number of likely N-dealkylation sites (tertiary alicyclic amines) is 1. The number of carboxylic acids is 1. The van der Waals surface area contributed by atoms with Gasteiger partial charge in [-0.05, 0) is 12.8 Å². The zero-order chi connectivity index (χ0) is 13.2. The molecule has 2 aliphatic rings. The zero-order valence-corrected chi connectivity index (χ0v) is 10.3. The van der Waals surface area contributed by atoms with Crippen LogP contribution in [-0.4, -0.2) is 48.2 Å². The fraction of sp³-hybridized carbons (Fsp3) is 0.667. The van der Waals surface area contributed by atoms with E-state index in [0.29, 0.717) is 32.6 Å². The van der Waals surface area contributed by atoms with E-state index in [9.17, 15) is 14.7 Å². The van der Waals surface area contributed by atoms with Crippen molar-refractivity contribution < 1.29 is 24.2 Å². The average molecular weight is 255 g/mol. The summed E-state index contributed by atoms with van der Waals surface area (Å²) in [5.74, 6) is -0.958. The lowest BCUT2D eigenvalue weighted by molar-refractivity contribution is -0.148. The molecule has 1 atom stereocenters. The predicted octanol–water partition coefficient (Wildman–Crippen LogP) is 0.588. The topological polar surface area (TPSA) is 76.1 Å². The molecule has 18 heavy (non-hydrogen) atoms. The van der Waals surface area contributed by atoms with E-state index < -0.39 is 11.4 Å². The molecule has 1 amide bonds. The smallest absolute Gasteiger partial charge is 0.311 e. The highest BCUT2D eigenvalue weighted by Crippen LogP contribution is 2.34. The van der Waals surface area contributed by atoms with Gasteiger partial charge in [0.15, 0.2) is 0 Å².